The van der Waals surface area contributed by atoms with Gasteiger partial charge < -0.3 is 14.4 Å². The second-order valence-corrected chi connectivity index (χ2v) is 11.8. The summed E-state index contributed by atoms with van der Waals surface area (Å²) in [6.07, 6.45) is 4.35. The fraction of sp³-hybridized carbons (Fsp3) is 0.522. The Morgan fingerprint density at radius 2 is 2.00 bits per heavy atom. The molecule has 33 heavy (non-hydrogen) atoms. The number of aromatic nitrogens is 1. The van der Waals surface area contributed by atoms with Crippen molar-refractivity contribution in [3.63, 3.8) is 0 Å². The predicted molar refractivity (Wildman–Crippen MR) is 140 cm³/mol. The molecule has 0 unspecified atom stereocenters. The molecule has 1 aliphatic heterocycles. The highest BCUT2D eigenvalue weighted by molar-refractivity contribution is 9.10. The highest BCUT2D eigenvalue weighted by Crippen LogP contribution is 2.47. The molecule has 4 rings (SSSR count). The number of esters is 1. The molecule has 1 aliphatic carbocycles. The smallest absolute Gasteiger partial charge is 0.340 e. The lowest BCUT2D eigenvalue weighted by atomic mass is 10.0. The number of hydrogen-bond acceptors (Lipinski definition) is 8. The van der Waals surface area contributed by atoms with Gasteiger partial charge in [-0.25, -0.2) is 4.79 Å². The molecule has 178 valence electrons. The number of hydrogen-bond donors (Lipinski definition) is 3. The van der Waals surface area contributed by atoms with Crippen LogP contribution in [0.2, 0.25) is 0 Å². The van der Waals surface area contributed by atoms with Gasteiger partial charge in [-0.1, -0.05) is 11.8 Å². The number of likely N-dealkylation sites (tertiary alicyclic amines) is 1. The lowest BCUT2D eigenvalue weighted by Crippen LogP contribution is -2.19. The van der Waals surface area contributed by atoms with Gasteiger partial charge in [0.25, 0.3) is 0 Å². The van der Waals surface area contributed by atoms with Gasteiger partial charge in [-0.3, -0.25) is 15.7 Å². The summed E-state index contributed by atoms with van der Waals surface area (Å²) in [6, 6.07) is 2.21. The fourth-order valence-electron chi connectivity index (χ4n) is 4.49. The predicted octanol–water partition coefficient (Wildman–Crippen LogP) is 6.12. The Balaban J connectivity index is 1.89. The molecule has 2 aromatic rings. The summed E-state index contributed by atoms with van der Waals surface area (Å²) in [7, 11) is 0. The van der Waals surface area contributed by atoms with Crippen LogP contribution in [-0.2, 0) is 17.0 Å². The van der Waals surface area contributed by atoms with Crippen LogP contribution >= 0.6 is 39.5 Å². The van der Waals surface area contributed by atoms with Crippen molar-refractivity contribution in [2.45, 2.75) is 57.9 Å². The minimum atomic E-state index is -0.385. The topological polar surface area (TPSA) is 102 Å². The maximum absolute atomic E-state index is 13.3. The largest absolute Gasteiger partial charge is 0.506 e. The number of carbonyl (C=O) groups is 1. The minimum Gasteiger partial charge on any atom is -0.506 e. The summed E-state index contributed by atoms with van der Waals surface area (Å²) in [5, 5.41) is 28.1. The Morgan fingerprint density at radius 1 is 1.30 bits per heavy atom. The van der Waals surface area contributed by atoms with Crippen LogP contribution in [0.25, 0.3) is 10.9 Å². The summed E-state index contributed by atoms with van der Waals surface area (Å²) < 4.78 is 8.67. The zero-order valence-corrected chi connectivity index (χ0v) is 22.1. The Morgan fingerprint density at radius 3 is 2.61 bits per heavy atom. The summed E-state index contributed by atoms with van der Waals surface area (Å²) >= 11 is 5.98. The maximum Gasteiger partial charge on any atom is 0.340 e. The molecular weight excluding hydrogens is 524 g/mol. The molecule has 1 saturated carbocycles. The lowest BCUT2D eigenvalue weighted by Gasteiger charge is -2.18. The Hall–Kier alpha value is -1.49. The van der Waals surface area contributed by atoms with E-state index in [1.165, 1.54) is 11.8 Å². The third kappa shape index (κ3) is 5.28. The molecule has 2 fully saturated rings. The molecule has 0 radical (unpaired) electrons. The van der Waals surface area contributed by atoms with Crippen LogP contribution < -0.4 is 0 Å². The number of nitrogens with one attached hydrogen (secondary N) is 2. The fourth-order valence-corrected chi connectivity index (χ4v) is 6.57. The molecule has 7 nitrogen and oxygen atoms in total. The molecule has 1 aromatic heterocycles. The van der Waals surface area contributed by atoms with Crippen LogP contribution in [0.4, 0.5) is 0 Å². The van der Waals surface area contributed by atoms with Gasteiger partial charge in [0.15, 0.2) is 0 Å². The summed E-state index contributed by atoms with van der Waals surface area (Å²) in [5.74, 6) is 0.221. The third-order valence-electron chi connectivity index (χ3n) is 5.98. The van der Waals surface area contributed by atoms with Crippen molar-refractivity contribution in [2.75, 3.05) is 19.7 Å². The molecule has 3 N–H and O–H groups in total. The highest BCUT2D eigenvalue weighted by atomic mass is 79.9. The van der Waals surface area contributed by atoms with Crippen molar-refractivity contribution >= 4 is 65.7 Å². The third-order valence-corrected chi connectivity index (χ3v) is 8.36. The number of nitrogens with zero attached hydrogens (tertiary/aromatic N) is 2. The van der Waals surface area contributed by atoms with E-state index in [-0.39, 0.29) is 18.3 Å². The van der Waals surface area contributed by atoms with Gasteiger partial charge in [-0.15, -0.1) is 0 Å². The molecule has 0 atom stereocenters. The van der Waals surface area contributed by atoms with Gasteiger partial charge in [-0.05, 0) is 86.4 Å². The van der Waals surface area contributed by atoms with Gasteiger partial charge in [-0.2, -0.15) is 0 Å². The van der Waals surface area contributed by atoms with Gasteiger partial charge in [0.05, 0.1) is 27.2 Å². The first-order valence-corrected chi connectivity index (χ1v) is 13.8. The minimum absolute atomic E-state index is 0.176. The number of thioether (sulfide) groups is 2. The molecule has 0 bridgehead atoms. The lowest BCUT2D eigenvalue weighted by molar-refractivity contribution is 0.0527. The monoisotopic (exact) mass is 552 g/mol. The number of phenols is 1. The molecule has 1 saturated heterocycles. The Labute approximate surface area is 210 Å². The van der Waals surface area contributed by atoms with Gasteiger partial charge in [0, 0.05) is 35.0 Å². The maximum atomic E-state index is 13.3. The Bertz CT molecular complexity index is 1110. The number of ether oxygens (including phenoxy) is 1. The van der Waals surface area contributed by atoms with Crippen molar-refractivity contribution in [3.8, 4) is 5.75 Å². The van der Waals surface area contributed by atoms with E-state index in [1.54, 1.807) is 13.8 Å². The van der Waals surface area contributed by atoms with E-state index in [0.29, 0.717) is 37.8 Å². The average molecular weight is 554 g/mol. The molecule has 10 heteroatoms. The van der Waals surface area contributed by atoms with Crippen LogP contribution in [0.1, 0.15) is 67.2 Å². The standard InChI is InChI=1S/C23H29BrN4O3S2/c1-3-31-22(30)20-18(12-32-23(26)33-13(2)25)28(14-6-7-14)17-10-16(24)21(29)15(19(17)20)11-27-8-4-5-9-27/h10,14,25-26,29H,3-9,11-12H2,1-2H3. The zero-order chi connectivity index (χ0) is 23.7. The van der Waals surface area contributed by atoms with E-state index in [2.05, 4.69) is 25.4 Å². The first kappa shape index (κ1) is 24.6. The number of carbonyl (C=O) groups excluding carboxylic acids is 1. The molecule has 0 amide bonds. The van der Waals surface area contributed by atoms with E-state index in [4.69, 9.17) is 15.6 Å². The number of phenolic OH excluding ortho intramolecular Hbond substituents is 1. The van der Waals surface area contributed by atoms with Crippen molar-refractivity contribution in [1.29, 1.82) is 10.8 Å². The van der Waals surface area contributed by atoms with Crippen molar-refractivity contribution in [2.24, 2.45) is 0 Å². The molecule has 1 aromatic carbocycles. The first-order valence-electron chi connectivity index (χ1n) is 11.2. The van der Waals surface area contributed by atoms with Crippen LogP contribution in [-0.4, -0.2) is 49.7 Å². The van der Waals surface area contributed by atoms with Crippen LogP contribution in [0.15, 0.2) is 10.5 Å². The second kappa shape index (κ2) is 10.4. The molecule has 2 aliphatic rings. The Kier molecular flexibility index (Phi) is 7.77. The van der Waals surface area contributed by atoms with Gasteiger partial charge >= 0.3 is 5.97 Å². The van der Waals surface area contributed by atoms with E-state index in [1.807, 2.05) is 6.07 Å². The van der Waals surface area contributed by atoms with Crippen LogP contribution in [0.3, 0.4) is 0 Å². The number of halogens is 1. The highest BCUT2D eigenvalue weighted by Gasteiger charge is 2.35. The molecule has 2 heterocycles. The number of rotatable bonds is 7. The summed E-state index contributed by atoms with van der Waals surface area (Å²) in [6.45, 7) is 6.26. The second-order valence-electron chi connectivity index (χ2n) is 8.44. The van der Waals surface area contributed by atoms with Gasteiger partial charge in [0.2, 0.25) is 0 Å². The van der Waals surface area contributed by atoms with E-state index < -0.39 is 0 Å². The average Bonchev–Trinajstić information content (AvgIpc) is 3.35. The van der Waals surface area contributed by atoms with E-state index >= 15 is 0 Å². The van der Waals surface area contributed by atoms with Gasteiger partial charge in [0.1, 0.15) is 10.1 Å². The summed E-state index contributed by atoms with van der Waals surface area (Å²) in [5.41, 5.74) is 3.03. The number of aromatic hydroxyl groups is 1. The zero-order valence-electron chi connectivity index (χ0n) is 18.9. The quantitative estimate of drug-likeness (QED) is 0.217. The van der Waals surface area contributed by atoms with Crippen molar-refractivity contribution < 1.29 is 14.6 Å². The SMILES string of the molecule is CCOC(=O)c1c(CSC(=N)SC(C)=N)n(C2CC2)c2cc(Br)c(O)c(CN3CCCC3)c12. The molecular formula is C23H29BrN4O3S2. The van der Waals surface area contributed by atoms with E-state index in [9.17, 15) is 9.90 Å². The van der Waals surface area contributed by atoms with Crippen LogP contribution in [0, 0.1) is 10.8 Å². The molecule has 0 spiro atoms. The van der Waals surface area contributed by atoms with Crippen molar-refractivity contribution in [3.05, 3.63) is 27.4 Å². The van der Waals surface area contributed by atoms with Crippen molar-refractivity contribution in [1.82, 2.24) is 9.47 Å². The van der Waals surface area contributed by atoms with E-state index in [0.717, 1.165) is 72.7 Å². The first-order chi connectivity index (χ1) is 15.8. The van der Waals surface area contributed by atoms with Crippen LogP contribution in [0.5, 0.6) is 5.75 Å². The number of benzene rings is 1. The number of fused-ring (bicyclic) bond motifs is 1. The normalized spacial score (nSPS) is 16.5. The summed E-state index contributed by atoms with van der Waals surface area (Å²) in [4.78, 5) is 15.6.